The lowest BCUT2D eigenvalue weighted by atomic mass is 9.83. The van der Waals surface area contributed by atoms with Crippen LogP contribution in [0.3, 0.4) is 0 Å². The summed E-state index contributed by atoms with van der Waals surface area (Å²) in [4.78, 5) is 12.6. The molecule has 2 N–H and O–H groups in total. The SMILES string of the molecule is CC1CCNCC1NC(=O)C(C)(C)c1ccc(Cl)cc1.Cl. The van der Waals surface area contributed by atoms with Gasteiger partial charge in [0.05, 0.1) is 5.41 Å². The summed E-state index contributed by atoms with van der Waals surface area (Å²) in [6, 6.07) is 7.71. The summed E-state index contributed by atoms with van der Waals surface area (Å²) in [5, 5.41) is 7.21. The van der Waals surface area contributed by atoms with Gasteiger partial charge >= 0.3 is 0 Å². The number of rotatable bonds is 3. The van der Waals surface area contributed by atoms with E-state index in [1.54, 1.807) is 0 Å². The smallest absolute Gasteiger partial charge is 0.230 e. The summed E-state index contributed by atoms with van der Waals surface area (Å²) in [5.74, 6) is 0.585. The Morgan fingerprint density at radius 1 is 1.33 bits per heavy atom. The third-order valence-electron chi connectivity index (χ3n) is 4.28. The fourth-order valence-electron chi connectivity index (χ4n) is 2.53. The maximum absolute atomic E-state index is 12.6. The van der Waals surface area contributed by atoms with Crippen molar-refractivity contribution < 1.29 is 4.79 Å². The summed E-state index contributed by atoms with van der Waals surface area (Å²) in [6.45, 7) is 7.98. The van der Waals surface area contributed by atoms with Crippen molar-refractivity contribution in [2.75, 3.05) is 13.1 Å². The van der Waals surface area contributed by atoms with Crippen LogP contribution in [-0.4, -0.2) is 25.0 Å². The lowest BCUT2D eigenvalue weighted by Gasteiger charge is -2.33. The summed E-state index contributed by atoms with van der Waals surface area (Å²) in [6.07, 6.45) is 1.10. The third-order valence-corrected chi connectivity index (χ3v) is 4.53. The molecule has 1 aromatic carbocycles. The number of piperidine rings is 1. The van der Waals surface area contributed by atoms with E-state index in [-0.39, 0.29) is 24.4 Å². The van der Waals surface area contributed by atoms with E-state index in [0.29, 0.717) is 10.9 Å². The van der Waals surface area contributed by atoms with Gasteiger partial charge in [-0.3, -0.25) is 4.79 Å². The Morgan fingerprint density at radius 2 is 1.95 bits per heavy atom. The quantitative estimate of drug-likeness (QED) is 0.893. The maximum Gasteiger partial charge on any atom is 0.230 e. The lowest BCUT2D eigenvalue weighted by molar-refractivity contribution is -0.126. The van der Waals surface area contributed by atoms with Crippen LogP contribution in [0.2, 0.25) is 5.02 Å². The zero-order valence-electron chi connectivity index (χ0n) is 12.8. The van der Waals surface area contributed by atoms with Gasteiger partial charge < -0.3 is 10.6 Å². The Morgan fingerprint density at radius 3 is 2.52 bits per heavy atom. The zero-order chi connectivity index (χ0) is 14.8. The second-order valence-electron chi connectivity index (χ2n) is 6.18. The maximum atomic E-state index is 12.6. The number of carbonyl (C=O) groups excluding carboxylic acids is 1. The molecular formula is C16H24Cl2N2O. The van der Waals surface area contributed by atoms with Crippen LogP contribution in [0.25, 0.3) is 0 Å². The van der Waals surface area contributed by atoms with Crippen LogP contribution in [-0.2, 0) is 10.2 Å². The van der Waals surface area contributed by atoms with Gasteiger partial charge in [-0.25, -0.2) is 0 Å². The molecule has 0 aliphatic carbocycles. The predicted molar refractivity (Wildman–Crippen MR) is 90.3 cm³/mol. The first-order valence-electron chi connectivity index (χ1n) is 7.19. The highest BCUT2D eigenvalue weighted by molar-refractivity contribution is 6.30. The molecule has 1 heterocycles. The average Bonchev–Trinajstić information content (AvgIpc) is 2.41. The molecule has 0 bridgehead atoms. The van der Waals surface area contributed by atoms with E-state index in [1.807, 2.05) is 38.1 Å². The second-order valence-corrected chi connectivity index (χ2v) is 6.62. The minimum Gasteiger partial charge on any atom is -0.351 e. The predicted octanol–water partition coefficient (Wildman–Crippen LogP) is 3.15. The van der Waals surface area contributed by atoms with Crippen molar-refractivity contribution in [3.63, 3.8) is 0 Å². The van der Waals surface area contributed by atoms with E-state index in [0.717, 1.165) is 25.1 Å². The molecule has 1 aliphatic rings. The van der Waals surface area contributed by atoms with Gasteiger partial charge in [-0.05, 0) is 50.4 Å². The largest absolute Gasteiger partial charge is 0.351 e. The fraction of sp³-hybridized carbons (Fsp3) is 0.562. The molecule has 2 atom stereocenters. The minimum atomic E-state index is -0.554. The van der Waals surface area contributed by atoms with Crippen LogP contribution in [0.4, 0.5) is 0 Å². The highest BCUT2D eigenvalue weighted by atomic mass is 35.5. The lowest BCUT2D eigenvalue weighted by Crippen LogP contribution is -2.54. The molecule has 118 valence electrons. The van der Waals surface area contributed by atoms with Gasteiger partial charge in [-0.15, -0.1) is 12.4 Å². The molecule has 0 spiro atoms. The first-order chi connectivity index (χ1) is 9.41. The molecule has 1 fully saturated rings. The molecule has 21 heavy (non-hydrogen) atoms. The van der Waals surface area contributed by atoms with Crippen molar-refractivity contribution in [1.82, 2.24) is 10.6 Å². The van der Waals surface area contributed by atoms with Crippen molar-refractivity contribution in [3.05, 3.63) is 34.9 Å². The Kier molecular flexibility index (Phi) is 6.51. The van der Waals surface area contributed by atoms with Gasteiger partial charge in [0.15, 0.2) is 0 Å². The molecule has 0 aromatic heterocycles. The number of benzene rings is 1. The Hall–Kier alpha value is -0.770. The topological polar surface area (TPSA) is 41.1 Å². The van der Waals surface area contributed by atoms with Gasteiger partial charge in [0.2, 0.25) is 5.91 Å². The molecule has 0 saturated carbocycles. The van der Waals surface area contributed by atoms with Crippen LogP contribution < -0.4 is 10.6 Å². The Balaban J connectivity index is 0.00000220. The molecule has 1 aromatic rings. The highest BCUT2D eigenvalue weighted by Crippen LogP contribution is 2.25. The molecule has 2 unspecified atom stereocenters. The number of amides is 1. The number of hydrogen-bond donors (Lipinski definition) is 2. The third kappa shape index (κ3) is 4.35. The van der Waals surface area contributed by atoms with Crippen LogP contribution in [0.5, 0.6) is 0 Å². The highest BCUT2D eigenvalue weighted by Gasteiger charge is 2.33. The second kappa shape index (κ2) is 7.48. The summed E-state index contributed by atoms with van der Waals surface area (Å²) in [7, 11) is 0. The summed E-state index contributed by atoms with van der Waals surface area (Å²) < 4.78 is 0. The van der Waals surface area contributed by atoms with E-state index >= 15 is 0 Å². The van der Waals surface area contributed by atoms with Crippen LogP contribution in [0.1, 0.15) is 32.8 Å². The Labute approximate surface area is 138 Å². The van der Waals surface area contributed by atoms with E-state index < -0.39 is 5.41 Å². The fourth-order valence-corrected chi connectivity index (χ4v) is 2.66. The number of nitrogens with one attached hydrogen (secondary N) is 2. The van der Waals surface area contributed by atoms with Gasteiger partial charge in [0, 0.05) is 17.6 Å². The standard InChI is InChI=1S/C16H23ClN2O.ClH/c1-11-8-9-18-10-14(11)19-15(20)16(2,3)12-4-6-13(17)7-5-12;/h4-7,11,14,18H,8-10H2,1-3H3,(H,19,20);1H. The summed E-state index contributed by atoms with van der Waals surface area (Å²) >= 11 is 5.91. The number of carbonyl (C=O) groups is 1. The van der Waals surface area contributed by atoms with E-state index in [2.05, 4.69) is 17.6 Å². The normalized spacial score (nSPS) is 22.3. The number of hydrogen-bond acceptors (Lipinski definition) is 2. The van der Waals surface area contributed by atoms with Crippen LogP contribution in [0.15, 0.2) is 24.3 Å². The Bertz CT molecular complexity index is 474. The first-order valence-corrected chi connectivity index (χ1v) is 7.57. The van der Waals surface area contributed by atoms with Gasteiger partial charge in [-0.1, -0.05) is 30.7 Å². The molecule has 5 heteroatoms. The molecule has 1 amide bonds. The van der Waals surface area contributed by atoms with Gasteiger partial charge in [-0.2, -0.15) is 0 Å². The van der Waals surface area contributed by atoms with E-state index in [9.17, 15) is 4.79 Å². The molecular weight excluding hydrogens is 307 g/mol. The van der Waals surface area contributed by atoms with Crippen LogP contribution >= 0.6 is 24.0 Å². The molecule has 3 nitrogen and oxygen atoms in total. The molecule has 1 saturated heterocycles. The van der Waals surface area contributed by atoms with Crippen molar-refractivity contribution in [2.45, 2.75) is 38.6 Å². The van der Waals surface area contributed by atoms with Crippen LogP contribution in [0, 0.1) is 5.92 Å². The van der Waals surface area contributed by atoms with E-state index in [1.165, 1.54) is 0 Å². The monoisotopic (exact) mass is 330 g/mol. The first kappa shape index (κ1) is 18.3. The van der Waals surface area contributed by atoms with Crippen molar-refractivity contribution >= 4 is 29.9 Å². The van der Waals surface area contributed by atoms with Crippen molar-refractivity contribution in [3.8, 4) is 0 Å². The van der Waals surface area contributed by atoms with Crippen molar-refractivity contribution in [2.24, 2.45) is 5.92 Å². The molecule has 2 rings (SSSR count). The minimum absolute atomic E-state index is 0. The molecule has 0 radical (unpaired) electrons. The van der Waals surface area contributed by atoms with E-state index in [4.69, 9.17) is 11.6 Å². The number of halogens is 2. The van der Waals surface area contributed by atoms with Gasteiger partial charge in [0.1, 0.15) is 0 Å². The average molecular weight is 331 g/mol. The van der Waals surface area contributed by atoms with Gasteiger partial charge in [0.25, 0.3) is 0 Å². The summed E-state index contributed by atoms with van der Waals surface area (Å²) in [5.41, 5.74) is 0.428. The van der Waals surface area contributed by atoms with Crippen molar-refractivity contribution in [1.29, 1.82) is 0 Å². The zero-order valence-corrected chi connectivity index (χ0v) is 14.4. The molecule has 1 aliphatic heterocycles.